The highest BCUT2D eigenvalue weighted by Gasteiger charge is 2.31. The van der Waals surface area contributed by atoms with E-state index < -0.39 is 11.7 Å². The maximum atomic E-state index is 12.6. The number of rotatable bonds is 2. The van der Waals surface area contributed by atoms with Crippen LogP contribution in [0.2, 0.25) is 0 Å². The fourth-order valence-electron chi connectivity index (χ4n) is 2.79. The molecule has 1 aromatic carbocycles. The van der Waals surface area contributed by atoms with Crippen molar-refractivity contribution in [1.29, 1.82) is 0 Å². The van der Waals surface area contributed by atoms with Gasteiger partial charge in [-0.15, -0.1) is 0 Å². The summed E-state index contributed by atoms with van der Waals surface area (Å²) >= 11 is 3.24. The van der Waals surface area contributed by atoms with E-state index in [1.54, 1.807) is 0 Å². The Labute approximate surface area is 126 Å². The Bertz CT molecular complexity index is 473. The van der Waals surface area contributed by atoms with Gasteiger partial charge in [0, 0.05) is 16.2 Å². The number of alkyl halides is 3. The van der Waals surface area contributed by atoms with Crippen LogP contribution in [-0.2, 0) is 6.18 Å². The van der Waals surface area contributed by atoms with Gasteiger partial charge in [0.25, 0.3) is 0 Å². The van der Waals surface area contributed by atoms with Crippen LogP contribution in [0.3, 0.4) is 0 Å². The number of anilines is 1. The SMILES string of the molecule is CC1CCCC(Nc2ccc(C(F)(F)F)cc2Br)C1C. The third-order valence-electron chi connectivity index (χ3n) is 4.34. The van der Waals surface area contributed by atoms with Gasteiger partial charge in [0.1, 0.15) is 0 Å². The van der Waals surface area contributed by atoms with E-state index in [9.17, 15) is 13.2 Å². The molecule has 1 nitrogen and oxygen atoms in total. The van der Waals surface area contributed by atoms with Crippen molar-refractivity contribution in [3.63, 3.8) is 0 Å². The molecule has 0 aromatic heterocycles. The third-order valence-corrected chi connectivity index (χ3v) is 5.00. The predicted octanol–water partition coefficient (Wildman–Crippen LogP) is 5.70. The molecule has 1 saturated carbocycles. The average Bonchev–Trinajstić information content (AvgIpc) is 2.36. The zero-order valence-electron chi connectivity index (χ0n) is 11.6. The van der Waals surface area contributed by atoms with Crippen molar-refractivity contribution >= 4 is 21.6 Å². The van der Waals surface area contributed by atoms with Crippen molar-refractivity contribution < 1.29 is 13.2 Å². The van der Waals surface area contributed by atoms with E-state index in [1.165, 1.54) is 18.9 Å². The summed E-state index contributed by atoms with van der Waals surface area (Å²) in [6.45, 7) is 4.44. The molecular formula is C15H19BrF3N. The quantitative estimate of drug-likeness (QED) is 0.721. The Kier molecular flexibility index (Phi) is 4.67. The summed E-state index contributed by atoms with van der Waals surface area (Å²) in [5.74, 6) is 1.17. The van der Waals surface area contributed by atoms with Crippen molar-refractivity contribution in [3.8, 4) is 0 Å². The second kappa shape index (κ2) is 5.96. The molecule has 1 aliphatic rings. The summed E-state index contributed by atoms with van der Waals surface area (Å²) in [5, 5.41) is 3.39. The molecule has 0 saturated heterocycles. The Morgan fingerprint density at radius 1 is 1.20 bits per heavy atom. The second-order valence-electron chi connectivity index (χ2n) is 5.71. The van der Waals surface area contributed by atoms with Crippen LogP contribution in [0.4, 0.5) is 18.9 Å². The minimum atomic E-state index is -4.30. The van der Waals surface area contributed by atoms with Gasteiger partial charge in [-0.1, -0.05) is 26.7 Å². The van der Waals surface area contributed by atoms with E-state index in [2.05, 4.69) is 35.1 Å². The minimum absolute atomic E-state index is 0.326. The molecule has 2 rings (SSSR count). The largest absolute Gasteiger partial charge is 0.416 e. The Morgan fingerprint density at radius 2 is 1.90 bits per heavy atom. The lowest BCUT2D eigenvalue weighted by Crippen LogP contribution is -2.35. The molecule has 112 valence electrons. The fraction of sp³-hybridized carbons (Fsp3) is 0.600. The number of halogens is 4. The molecule has 0 spiro atoms. The van der Waals surface area contributed by atoms with Crippen molar-refractivity contribution in [2.75, 3.05) is 5.32 Å². The fourth-order valence-corrected chi connectivity index (χ4v) is 3.29. The monoisotopic (exact) mass is 349 g/mol. The van der Waals surface area contributed by atoms with Crippen LogP contribution in [0.5, 0.6) is 0 Å². The molecule has 0 amide bonds. The molecule has 20 heavy (non-hydrogen) atoms. The van der Waals surface area contributed by atoms with Crippen molar-refractivity contribution in [2.24, 2.45) is 11.8 Å². The first kappa shape index (κ1) is 15.7. The molecule has 0 radical (unpaired) electrons. The Morgan fingerprint density at radius 3 is 2.50 bits per heavy atom. The molecule has 0 bridgehead atoms. The maximum absolute atomic E-state index is 12.6. The van der Waals surface area contributed by atoms with Crippen LogP contribution < -0.4 is 5.32 Å². The highest BCUT2D eigenvalue weighted by molar-refractivity contribution is 9.10. The highest BCUT2D eigenvalue weighted by Crippen LogP contribution is 2.36. The van der Waals surface area contributed by atoms with Gasteiger partial charge in [-0.05, 0) is 52.4 Å². The number of hydrogen-bond acceptors (Lipinski definition) is 1. The van der Waals surface area contributed by atoms with Crippen LogP contribution in [-0.4, -0.2) is 6.04 Å². The summed E-state index contributed by atoms with van der Waals surface area (Å²) in [7, 11) is 0. The van der Waals surface area contributed by atoms with E-state index >= 15 is 0 Å². The average molecular weight is 350 g/mol. The topological polar surface area (TPSA) is 12.0 Å². The van der Waals surface area contributed by atoms with E-state index in [1.807, 2.05) is 0 Å². The van der Waals surface area contributed by atoms with Gasteiger partial charge in [0.2, 0.25) is 0 Å². The van der Waals surface area contributed by atoms with E-state index in [-0.39, 0.29) is 0 Å². The van der Waals surface area contributed by atoms with E-state index in [0.29, 0.717) is 22.4 Å². The molecule has 5 heteroatoms. The van der Waals surface area contributed by atoms with Gasteiger partial charge in [-0.25, -0.2) is 0 Å². The van der Waals surface area contributed by atoms with E-state index in [0.717, 1.165) is 24.2 Å². The normalized spacial score (nSPS) is 27.4. The number of nitrogens with one attached hydrogen (secondary N) is 1. The Hall–Kier alpha value is -0.710. The van der Waals surface area contributed by atoms with Gasteiger partial charge < -0.3 is 5.32 Å². The first-order chi connectivity index (χ1) is 9.29. The standard InChI is InChI=1S/C15H19BrF3N/c1-9-4-3-5-13(10(9)2)20-14-7-6-11(8-12(14)16)15(17,18)19/h6-10,13,20H,3-5H2,1-2H3. The summed E-state index contributed by atoms with van der Waals surface area (Å²) in [6.07, 6.45) is -0.832. The minimum Gasteiger partial charge on any atom is -0.381 e. The van der Waals surface area contributed by atoms with Crippen LogP contribution in [0.25, 0.3) is 0 Å². The van der Waals surface area contributed by atoms with Crippen LogP contribution in [0.1, 0.15) is 38.7 Å². The van der Waals surface area contributed by atoms with Crippen molar-refractivity contribution in [2.45, 2.75) is 45.3 Å². The molecule has 1 aromatic rings. The lowest BCUT2D eigenvalue weighted by molar-refractivity contribution is -0.137. The number of hydrogen-bond donors (Lipinski definition) is 1. The summed E-state index contributed by atoms with van der Waals surface area (Å²) in [4.78, 5) is 0. The molecule has 1 aliphatic carbocycles. The molecule has 0 aliphatic heterocycles. The summed E-state index contributed by atoms with van der Waals surface area (Å²) < 4.78 is 38.4. The van der Waals surface area contributed by atoms with Crippen molar-refractivity contribution in [3.05, 3.63) is 28.2 Å². The van der Waals surface area contributed by atoms with Crippen LogP contribution in [0, 0.1) is 11.8 Å². The van der Waals surface area contributed by atoms with Gasteiger partial charge in [0.05, 0.1) is 5.56 Å². The highest BCUT2D eigenvalue weighted by atomic mass is 79.9. The van der Waals surface area contributed by atoms with Crippen LogP contribution >= 0.6 is 15.9 Å². The van der Waals surface area contributed by atoms with Gasteiger partial charge in [-0.3, -0.25) is 0 Å². The van der Waals surface area contributed by atoms with Crippen molar-refractivity contribution in [1.82, 2.24) is 0 Å². The summed E-state index contributed by atoms with van der Waals surface area (Å²) in [5.41, 5.74) is 0.115. The van der Waals surface area contributed by atoms with Gasteiger partial charge in [0.15, 0.2) is 0 Å². The predicted molar refractivity (Wildman–Crippen MR) is 78.7 cm³/mol. The molecule has 3 atom stereocenters. The molecule has 1 N–H and O–H groups in total. The second-order valence-corrected chi connectivity index (χ2v) is 6.56. The molecule has 0 heterocycles. The third kappa shape index (κ3) is 3.48. The number of benzene rings is 1. The van der Waals surface area contributed by atoms with E-state index in [4.69, 9.17) is 0 Å². The smallest absolute Gasteiger partial charge is 0.381 e. The molecular weight excluding hydrogens is 331 g/mol. The lowest BCUT2D eigenvalue weighted by atomic mass is 9.78. The first-order valence-corrected chi connectivity index (χ1v) is 7.71. The molecule has 1 fully saturated rings. The zero-order chi connectivity index (χ0) is 14.9. The first-order valence-electron chi connectivity index (χ1n) is 6.92. The molecule has 3 unspecified atom stereocenters. The Balaban J connectivity index is 2.14. The zero-order valence-corrected chi connectivity index (χ0v) is 13.2. The maximum Gasteiger partial charge on any atom is 0.416 e. The lowest BCUT2D eigenvalue weighted by Gasteiger charge is -2.35. The summed E-state index contributed by atoms with van der Waals surface area (Å²) in [6, 6.07) is 4.11. The van der Waals surface area contributed by atoms with Gasteiger partial charge >= 0.3 is 6.18 Å². The van der Waals surface area contributed by atoms with Gasteiger partial charge in [-0.2, -0.15) is 13.2 Å². The van der Waals surface area contributed by atoms with Crippen LogP contribution in [0.15, 0.2) is 22.7 Å².